The number of rotatable bonds is 3. The summed E-state index contributed by atoms with van der Waals surface area (Å²) < 4.78 is 0. The number of hydrogen-bond acceptors (Lipinski definition) is 0. The van der Waals surface area contributed by atoms with Crippen molar-refractivity contribution in [3.63, 3.8) is 0 Å². The van der Waals surface area contributed by atoms with Crippen molar-refractivity contribution in [2.24, 2.45) is 11.8 Å². The number of benzene rings is 2. The molecular weight excluding hydrogens is 300 g/mol. The lowest BCUT2D eigenvalue weighted by Gasteiger charge is -2.27. The van der Waals surface area contributed by atoms with Crippen LogP contribution in [-0.2, 0) is 0 Å². The van der Waals surface area contributed by atoms with Crippen molar-refractivity contribution in [1.82, 2.24) is 0 Å². The fourth-order valence-corrected chi connectivity index (χ4v) is 4.19. The molecule has 0 N–H and O–H groups in total. The summed E-state index contributed by atoms with van der Waals surface area (Å²) in [7, 11) is 0. The Labute approximate surface area is 151 Å². The summed E-state index contributed by atoms with van der Waals surface area (Å²) in [5.41, 5.74) is 5.36. The first-order valence-electron chi connectivity index (χ1n) is 9.63. The smallest absolute Gasteiger partial charge is 0.000678 e. The van der Waals surface area contributed by atoms with E-state index in [0.717, 1.165) is 5.92 Å². The first-order chi connectivity index (χ1) is 12.4. The fraction of sp³-hybridized carbons (Fsp3) is 0.280. The molecule has 126 valence electrons. The van der Waals surface area contributed by atoms with Crippen LogP contribution in [-0.4, -0.2) is 0 Å². The summed E-state index contributed by atoms with van der Waals surface area (Å²) in [6.45, 7) is 0. The predicted octanol–water partition coefficient (Wildman–Crippen LogP) is 6.92. The molecule has 25 heavy (non-hydrogen) atoms. The molecule has 0 radical (unpaired) electrons. The van der Waals surface area contributed by atoms with Gasteiger partial charge in [-0.15, -0.1) is 0 Å². The van der Waals surface area contributed by atoms with Gasteiger partial charge >= 0.3 is 0 Å². The molecule has 2 aromatic rings. The van der Waals surface area contributed by atoms with Crippen LogP contribution in [0.4, 0.5) is 0 Å². The van der Waals surface area contributed by atoms with Crippen molar-refractivity contribution in [2.75, 3.05) is 0 Å². The van der Waals surface area contributed by atoms with E-state index in [4.69, 9.17) is 0 Å². The van der Waals surface area contributed by atoms with Crippen LogP contribution in [0.25, 0.3) is 11.1 Å². The van der Waals surface area contributed by atoms with Gasteiger partial charge in [-0.1, -0.05) is 104 Å². The first kappa shape index (κ1) is 16.1. The Balaban J connectivity index is 1.72. The zero-order valence-electron chi connectivity index (χ0n) is 14.8. The van der Waals surface area contributed by atoms with E-state index in [9.17, 15) is 0 Å². The Hall–Kier alpha value is -2.34. The van der Waals surface area contributed by atoms with Crippen LogP contribution < -0.4 is 0 Å². The monoisotopic (exact) mass is 326 g/mol. The standard InChI is InChI=1S/C25H26/c1-4-10-20(11-5-1)23-16-17-24(21-12-6-2-7-13-21)19-25(18-23)22-14-8-3-9-15-22/h1-2,4-7,10-13,16-19,22,25H,3,8-9,14-15H2. The van der Waals surface area contributed by atoms with Crippen LogP contribution in [0.15, 0.2) is 85.0 Å². The van der Waals surface area contributed by atoms with Crippen molar-refractivity contribution in [3.8, 4) is 0 Å². The van der Waals surface area contributed by atoms with Crippen LogP contribution >= 0.6 is 0 Å². The van der Waals surface area contributed by atoms with Gasteiger partial charge in [0, 0.05) is 0 Å². The highest BCUT2D eigenvalue weighted by Gasteiger charge is 2.22. The third-order valence-corrected chi connectivity index (χ3v) is 5.59. The van der Waals surface area contributed by atoms with Gasteiger partial charge in [0.05, 0.1) is 0 Å². The Morgan fingerprint density at radius 2 is 1.04 bits per heavy atom. The molecule has 0 unspecified atom stereocenters. The van der Waals surface area contributed by atoms with Crippen LogP contribution in [0.3, 0.4) is 0 Å². The van der Waals surface area contributed by atoms with E-state index in [2.05, 4.69) is 85.0 Å². The second-order valence-electron chi connectivity index (χ2n) is 7.28. The lowest BCUT2D eigenvalue weighted by Crippen LogP contribution is -2.15. The van der Waals surface area contributed by atoms with E-state index in [0.29, 0.717) is 5.92 Å². The molecule has 1 saturated carbocycles. The van der Waals surface area contributed by atoms with Crippen LogP contribution in [0.2, 0.25) is 0 Å². The molecule has 0 bridgehead atoms. The molecule has 0 atom stereocenters. The second kappa shape index (κ2) is 7.70. The quantitative estimate of drug-likeness (QED) is 0.574. The van der Waals surface area contributed by atoms with Crippen LogP contribution in [0.1, 0.15) is 43.2 Å². The molecular formula is C25H26. The summed E-state index contributed by atoms with van der Waals surface area (Å²) in [6.07, 6.45) is 16.5. The average molecular weight is 326 g/mol. The zero-order chi connectivity index (χ0) is 16.9. The molecule has 0 heteroatoms. The van der Waals surface area contributed by atoms with E-state index < -0.39 is 0 Å². The third kappa shape index (κ3) is 3.85. The van der Waals surface area contributed by atoms with Crippen molar-refractivity contribution >= 4 is 11.1 Å². The van der Waals surface area contributed by atoms with Gasteiger partial charge in [-0.05, 0) is 47.0 Å². The number of hydrogen-bond donors (Lipinski definition) is 0. The SMILES string of the molecule is C1=CC(c2ccccc2)=CC(C2CCCCC2)C=C1c1ccccc1. The number of allylic oxidation sites excluding steroid dienone is 6. The molecule has 0 saturated heterocycles. The summed E-state index contributed by atoms with van der Waals surface area (Å²) in [6, 6.07) is 21.6. The van der Waals surface area contributed by atoms with Crippen LogP contribution in [0.5, 0.6) is 0 Å². The van der Waals surface area contributed by atoms with Crippen molar-refractivity contribution in [2.45, 2.75) is 32.1 Å². The highest BCUT2D eigenvalue weighted by atomic mass is 14.3. The minimum atomic E-state index is 0.528. The molecule has 4 rings (SSSR count). The van der Waals surface area contributed by atoms with Gasteiger partial charge in [-0.25, -0.2) is 0 Å². The third-order valence-electron chi connectivity index (χ3n) is 5.59. The van der Waals surface area contributed by atoms with E-state index in [1.165, 1.54) is 54.4 Å². The fourth-order valence-electron chi connectivity index (χ4n) is 4.19. The Morgan fingerprint density at radius 1 is 0.560 bits per heavy atom. The average Bonchev–Trinajstić information content (AvgIpc) is 2.93. The topological polar surface area (TPSA) is 0 Å². The molecule has 0 amide bonds. The maximum Gasteiger partial charge on any atom is -0.000678 e. The van der Waals surface area contributed by atoms with Gasteiger partial charge in [0.2, 0.25) is 0 Å². The zero-order valence-corrected chi connectivity index (χ0v) is 14.8. The van der Waals surface area contributed by atoms with Crippen molar-refractivity contribution in [1.29, 1.82) is 0 Å². The van der Waals surface area contributed by atoms with Gasteiger partial charge in [-0.2, -0.15) is 0 Å². The predicted molar refractivity (Wildman–Crippen MR) is 108 cm³/mol. The van der Waals surface area contributed by atoms with Gasteiger partial charge in [-0.3, -0.25) is 0 Å². The molecule has 0 spiro atoms. The second-order valence-corrected chi connectivity index (χ2v) is 7.28. The summed E-state index contributed by atoms with van der Waals surface area (Å²) in [5, 5.41) is 0. The maximum absolute atomic E-state index is 2.51. The highest BCUT2D eigenvalue weighted by Crippen LogP contribution is 2.37. The highest BCUT2D eigenvalue weighted by molar-refractivity contribution is 5.83. The van der Waals surface area contributed by atoms with Gasteiger partial charge in [0.1, 0.15) is 0 Å². The molecule has 0 aliphatic heterocycles. The summed E-state index contributed by atoms with van der Waals surface area (Å²) in [4.78, 5) is 0. The first-order valence-corrected chi connectivity index (χ1v) is 9.63. The van der Waals surface area contributed by atoms with Gasteiger partial charge < -0.3 is 0 Å². The molecule has 2 aliphatic carbocycles. The van der Waals surface area contributed by atoms with Gasteiger partial charge in [0.15, 0.2) is 0 Å². The summed E-state index contributed by atoms with van der Waals surface area (Å²) in [5.74, 6) is 1.31. The molecule has 2 aliphatic rings. The Kier molecular flexibility index (Phi) is 4.97. The maximum atomic E-state index is 2.51. The Bertz CT molecular complexity index is 712. The molecule has 2 aromatic carbocycles. The van der Waals surface area contributed by atoms with Crippen molar-refractivity contribution in [3.05, 3.63) is 96.1 Å². The van der Waals surface area contributed by atoms with E-state index >= 15 is 0 Å². The molecule has 0 aromatic heterocycles. The molecule has 0 heterocycles. The van der Waals surface area contributed by atoms with E-state index in [1.807, 2.05) is 0 Å². The van der Waals surface area contributed by atoms with Crippen molar-refractivity contribution < 1.29 is 0 Å². The summed E-state index contributed by atoms with van der Waals surface area (Å²) >= 11 is 0. The lowest BCUT2D eigenvalue weighted by molar-refractivity contribution is 0.319. The van der Waals surface area contributed by atoms with E-state index in [-0.39, 0.29) is 0 Å². The molecule has 1 fully saturated rings. The normalized spacial score (nSPS) is 19.2. The largest absolute Gasteiger partial charge is 0.0694 e. The lowest BCUT2D eigenvalue weighted by atomic mass is 9.78. The molecule has 0 nitrogen and oxygen atoms in total. The van der Waals surface area contributed by atoms with Gasteiger partial charge in [0.25, 0.3) is 0 Å². The minimum Gasteiger partial charge on any atom is -0.0694 e. The van der Waals surface area contributed by atoms with Crippen LogP contribution in [0, 0.1) is 11.8 Å². The Morgan fingerprint density at radius 3 is 1.52 bits per heavy atom. The van der Waals surface area contributed by atoms with E-state index in [1.54, 1.807) is 0 Å². The minimum absolute atomic E-state index is 0.528.